The Morgan fingerprint density at radius 1 is 1.00 bits per heavy atom. The van der Waals surface area contributed by atoms with E-state index >= 15 is 0 Å². The smallest absolute Gasteiger partial charge is 0.234 e. The van der Waals surface area contributed by atoms with E-state index in [2.05, 4.69) is 31.4 Å². The third-order valence-electron chi connectivity index (χ3n) is 4.49. The van der Waals surface area contributed by atoms with Gasteiger partial charge in [-0.25, -0.2) is 0 Å². The summed E-state index contributed by atoms with van der Waals surface area (Å²) in [6, 6.07) is 23.0. The summed E-state index contributed by atoms with van der Waals surface area (Å²) in [4.78, 5) is 12.5. The fourth-order valence-corrected chi connectivity index (χ4v) is 4.08. The van der Waals surface area contributed by atoms with E-state index < -0.39 is 0 Å². The standard InChI is InChI=1S/C23H18BrClN4OS/c1-15-2-12-20(13-3-15)29-22(16-4-8-18(25)9-5-16)27-28-23(29)31-14-21(30)26-19-10-6-17(24)7-11-19/h2-13H,14H2,1H3,(H,26,30). The molecule has 5 nitrogen and oxygen atoms in total. The molecule has 0 aliphatic carbocycles. The van der Waals surface area contributed by atoms with Gasteiger partial charge in [0.05, 0.1) is 5.75 Å². The molecule has 8 heteroatoms. The number of thioether (sulfide) groups is 1. The first-order valence-corrected chi connectivity index (χ1v) is 11.6. The maximum atomic E-state index is 12.5. The molecule has 31 heavy (non-hydrogen) atoms. The highest BCUT2D eigenvalue weighted by Gasteiger charge is 2.17. The number of carbonyl (C=O) groups excluding carboxylic acids is 1. The van der Waals surface area contributed by atoms with Gasteiger partial charge in [-0.3, -0.25) is 9.36 Å². The molecule has 0 aliphatic heterocycles. The Morgan fingerprint density at radius 2 is 1.68 bits per heavy atom. The van der Waals surface area contributed by atoms with E-state index in [-0.39, 0.29) is 11.7 Å². The van der Waals surface area contributed by atoms with Gasteiger partial charge in [-0.15, -0.1) is 10.2 Å². The number of anilines is 1. The van der Waals surface area contributed by atoms with Gasteiger partial charge in [-0.05, 0) is 67.6 Å². The molecule has 0 spiro atoms. The van der Waals surface area contributed by atoms with Crippen LogP contribution in [0.2, 0.25) is 5.02 Å². The van der Waals surface area contributed by atoms with Crippen molar-refractivity contribution in [3.8, 4) is 17.1 Å². The molecule has 1 heterocycles. The van der Waals surface area contributed by atoms with Crippen LogP contribution >= 0.6 is 39.3 Å². The molecule has 0 saturated heterocycles. The lowest BCUT2D eigenvalue weighted by Crippen LogP contribution is -2.14. The Labute approximate surface area is 198 Å². The molecule has 0 unspecified atom stereocenters. The van der Waals surface area contributed by atoms with E-state index in [0.29, 0.717) is 16.0 Å². The van der Waals surface area contributed by atoms with Crippen LogP contribution in [0, 0.1) is 6.92 Å². The minimum absolute atomic E-state index is 0.112. The summed E-state index contributed by atoms with van der Waals surface area (Å²) in [6.45, 7) is 2.04. The van der Waals surface area contributed by atoms with Crippen molar-refractivity contribution in [2.24, 2.45) is 0 Å². The summed E-state index contributed by atoms with van der Waals surface area (Å²) in [6.07, 6.45) is 0. The molecule has 0 saturated carbocycles. The summed E-state index contributed by atoms with van der Waals surface area (Å²) in [7, 11) is 0. The largest absolute Gasteiger partial charge is 0.325 e. The van der Waals surface area contributed by atoms with Crippen molar-refractivity contribution in [2.45, 2.75) is 12.1 Å². The third kappa shape index (κ3) is 5.36. The fraction of sp³-hybridized carbons (Fsp3) is 0.0870. The van der Waals surface area contributed by atoms with Crippen molar-refractivity contribution in [3.05, 3.63) is 87.9 Å². The van der Waals surface area contributed by atoms with Crippen molar-refractivity contribution in [1.29, 1.82) is 0 Å². The first kappa shape index (κ1) is 21.6. The minimum atomic E-state index is -0.112. The first-order chi connectivity index (χ1) is 15.0. The summed E-state index contributed by atoms with van der Waals surface area (Å²) < 4.78 is 2.92. The Balaban J connectivity index is 1.59. The number of nitrogens with one attached hydrogen (secondary N) is 1. The lowest BCUT2D eigenvalue weighted by atomic mass is 10.2. The zero-order valence-corrected chi connectivity index (χ0v) is 19.7. The maximum Gasteiger partial charge on any atom is 0.234 e. The second-order valence-corrected chi connectivity index (χ2v) is 9.12. The molecule has 4 rings (SSSR count). The number of rotatable bonds is 6. The lowest BCUT2D eigenvalue weighted by Gasteiger charge is -2.11. The summed E-state index contributed by atoms with van der Waals surface area (Å²) in [5, 5.41) is 13.0. The van der Waals surface area contributed by atoms with E-state index in [1.165, 1.54) is 11.8 Å². The van der Waals surface area contributed by atoms with E-state index in [1.807, 2.05) is 84.3 Å². The predicted octanol–water partition coefficient (Wildman–Crippen LogP) is 6.39. The van der Waals surface area contributed by atoms with Crippen LogP contribution in [0.25, 0.3) is 17.1 Å². The van der Waals surface area contributed by atoms with Crippen molar-refractivity contribution in [1.82, 2.24) is 14.8 Å². The zero-order chi connectivity index (χ0) is 21.8. The number of carbonyl (C=O) groups is 1. The average molecular weight is 514 g/mol. The van der Waals surface area contributed by atoms with Gasteiger partial charge in [0.15, 0.2) is 11.0 Å². The van der Waals surface area contributed by atoms with Gasteiger partial charge in [-0.1, -0.05) is 57.0 Å². The highest BCUT2D eigenvalue weighted by atomic mass is 79.9. The first-order valence-electron chi connectivity index (χ1n) is 9.46. The van der Waals surface area contributed by atoms with Crippen LogP contribution < -0.4 is 5.32 Å². The third-order valence-corrected chi connectivity index (χ3v) is 6.20. The number of aromatic nitrogens is 3. The molecule has 3 aromatic carbocycles. The highest BCUT2D eigenvalue weighted by Crippen LogP contribution is 2.29. The Bertz CT molecular complexity index is 1190. The van der Waals surface area contributed by atoms with Gasteiger partial charge >= 0.3 is 0 Å². The number of hydrogen-bond acceptors (Lipinski definition) is 4. The van der Waals surface area contributed by atoms with Crippen LogP contribution in [-0.2, 0) is 4.79 Å². The van der Waals surface area contributed by atoms with Gasteiger partial charge in [-0.2, -0.15) is 0 Å². The van der Waals surface area contributed by atoms with Crippen LogP contribution in [0.4, 0.5) is 5.69 Å². The molecule has 0 radical (unpaired) electrons. The molecule has 4 aromatic rings. The number of halogens is 2. The number of benzene rings is 3. The average Bonchev–Trinajstić information content (AvgIpc) is 3.19. The van der Waals surface area contributed by atoms with Crippen LogP contribution in [0.1, 0.15) is 5.56 Å². The van der Waals surface area contributed by atoms with Crippen molar-refractivity contribution in [2.75, 3.05) is 11.1 Å². The van der Waals surface area contributed by atoms with Gasteiger partial charge in [0.2, 0.25) is 5.91 Å². The molecular weight excluding hydrogens is 496 g/mol. The fourth-order valence-electron chi connectivity index (χ4n) is 2.94. The monoisotopic (exact) mass is 512 g/mol. The molecule has 1 amide bonds. The van der Waals surface area contributed by atoms with Crippen molar-refractivity contribution >= 4 is 50.9 Å². The number of hydrogen-bond donors (Lipinski definition) is 1. The second-order valence-electron chi connectivity index (χ2n) is 6.83. The zero-order valence-electron chi connectivity index (χ0n) is 16.5. The quantitative estimate of drug-likeness (QED) is 0.304. The van der Waals surface area contributed by atoms with E-state index in [0.717, 1.165) is 27.0 Å². The molecule has 0 aliphatic rings. The number of nitrogens with zero attached hydrogens (tertiary/aromatic N) is 3. The Hall–Kier alpha value is -2.61. The van der Waals surface area contributed by atoms with E-state index in [4.69, 9.17) is 11.6 Å². The van der Waals surface area contributed by atoms with Gasteiger partial charge < -0.3 is 5.32 Å². The highest BCUT2D eigenvalue weighted by molar-refractivity contribution is 9.10. The summed E-state index contributed by atoms with van der Waals surface area (Å²) in [5.74, 6) is 0.788. The topological polar surface area (TPSA) is 59.8 Å². The van der Waals surface area contributed by atoms with E-state index in [1.54, 1.807) is 0 Å². The normalized spacial score (nSPS) is 10.8. The summed E-state index contributed by atoms with van der Waals surface area (Å²) in [5.41, 5.74) is 3.73. The Kier molecular flexibility index (Phi) is 6.75. The predicted molar refractivity (Wildman–Crippen MR) is 130 cm³/mol. The molecule has 1 aromatic heterocycles. The van der Waals surface area contributed by atoms with Crippen LogP contribution in [0.15, 0.2) is 82.4 Å². The number of aryl methyl sites for hydroxylation is 1. The van der Waals surface area contributed by atoms with Crippen molar-refractivity contribution < 1.29 is 4.79 Å². The number of amides is 1. The Morgan fingerprint density at radius 3 is 2.35 bits per heavy atom. The maximum absolute atomic E-state index is 12.5. The summed E-state index contributed by atoms with van der Waals surface area (Å²) >= 11 is 10.8. The van der Waals surface area contributed by atoms with Gasteiger partial charge in [0, 0.05) is 26.4 Å². The second kappa shape index (κ2) is 9.68. The molecule has 0 atom stereocenters. The van der Waals surface area contributed by atoms with Crippen molar-refractivity contribution in [3.63, 3.8) is 0 Å². The van der Waals surface area contributed by atoms with Crippen LogP contribution in [0.3, 0.4) is 0 Å². The van der Waals surface area contributed by atoms with Crippen LogP contribution in [0.5, 0.6) is 0 Å². The molecular formula is C23H18BrClN4OS. The van der Waals surface area contributed by atoms with E-state index in [9.17, 15) is 4.79 Å². The molecule has 156 valence electrons. The van der Waals surface area contributed by atoms with Gasteiger partial charge in [0.25, 0.3) is 0 Å². The SMILES string of the molecule is Cc1ccc(-n2c(SCC(=O)Nc3ccc(Br)cc3)nnc2-c2ccc(Cl)cc2)cc1. The minimum Gasteiger partial charge on any atom is -0.325 e. The molecule has 0 fully saturated rings. The van der Waals surface area contributed by atoms with Gasteiger partial charge in [0.1, 0.15) is 0 Å². The molecule has 0 bridgehead atoms. The molecule has 1 N–H and O–H groups in total. The lowest BCUT2D eigenvalue weighted by molar-refractivity contribution is -0.113. The van der Waals surface area contributed by atoms with Crippen LogP contribution in [-0.4, -0.2) is 26.4 Å².